The summed E-state index contributed by atoms with van der Waals surface area (Å²) < 4.78 is 5.39. The number of benzene rings is 2. The molecule has 2 aromatic carbocycles. The van der Waals surface area contributed by atoms with Crippen LogP contribution in [0.3, 0.4) is 0 Å². The van der Waals surface area contributed by atoms with Crippen LogP contribution in [-0.4, -0.2) is 18.2 Å². The molecular weight excluding hydrogens is 340 g/mol. The Bertz CT molecular complexity index is 816. The highest BCUT2D eigenvalue weighted by Gasteiger charge is 2.32. The summed E-state index contributed by atoms with van der Waals surface area (Å²) in [6.07, 6.45) is 0. The predicted octanol–water partition coefficient (Wildman–Crippen LogP) is 3.57. The fraction of sp³-hybridized carbons (Fsp3) is 0.111. The maximum Gasteiger partial charge on any atom is 0.299 e. The Hall–Kier alpha value is -2.99. The number of amides is 1. The molecule has 128 valence electrons. The monoisotopic (exact) mass is 356 g/mol. The topological polar surface area (TPSA) is 66.0 Å². The molecule has 1 aliphatic rings. The lowest BCUT2D eigenvalue weighted by atomic mass is 10.3. The highest BCUT2D eigenvalue weighted by molar-refractivity contribution is 6.51. The molecule has 2 N–H and O–H groups in total. The summed E-state index contributed by atoms with van der Waals surface area (Å²) in [5, 5.41) is 6.14. The third-order valence-corrected chi connectivity index (χ3v) is 3.74. The Morgan fingerprint density at radius 3 is 2.52 bits per heavy atom. The van der Waals surface area contributed by atoms with E-state index in [2.05, 4.69) is 22.5 Å². The molecule has 0 spiro atoms. The van der Waals surface area contributed by atoms with Crippen molar-refractivity contribution in [3.63, 3.8) is 0 Å². The first-order valence-electron chi connectivity index (χ1n) is 7.71. The van der Waals surface area contributed by atoms with Crippen molar-refractivity contribution >= 4 is 34.6 Å². The van der Waals surface area contributed by atoms with Crippen LogP contribution >= 0.6 is 11.6 Å². The van der Waals surface area contributed by atoms with Crippen LogP contribution in [0.2, 0.25) is 5.02 Å². The molecule has 3 rings (SSSR count). The van der Waals surface area contributed by atoms with Crippen LogP contribution in [0.5, 0.6) is 5.75 Å². The number of halogens is 1. The van der Waals surface area contributed by atoms with Crippen LogP contribution in [0.1, 0.15) is 6.92 Å². The van der Waals surface area contributed by atoms with Crippen LogP contribution in [0.4, 0.5) is 11.4 Å². The molecule has 0 atom stereocenters. The van der Waals surface area contributed by atoms with E-state index < -0.39 is 0 Å². The van der Waals surface area contributed by atoms with Crippen molar-refractivity contribution in [2.45, 2.75) is 6.92 Å². The SMILES string of the molecule is C=C1NN(c2ccc(Cl)cc2)C(=O)/C1=N\Nc1ccc(OCC)cc1. The summed E-state index contributed by atoms with van der Waals surface area (Å²) in [6.45, 7) is 6.37. The van der Waals surface area contributed by atoms with Crippen LogP contribution in [0, 0.1) is 0 Å². The molecule has 0 aliphatic carbocycles. The normalized spacial score (nSPS) is 15.4. The number of hydrogen-bond donors (Lipinski definition) is 2. The highest BCUT2D eigenvalue weighted by Crippen LogP contribution is 2.21. The highest BCUT2D eigenvalue weighted by atomic mass is 35.5. The van der Waals surface area contributed by atoms with Crippen molar-refractivity contribution in [1.82, 2.24) is 5.43 Å². The maximum absolute atomic E-state index is 12.5. The number of ether oxygens (including phenoxy) is 1. The largest absolute Gasteiger partial charge is 0.494 e. The molecule has 1 fully saturated rings. The van der Waals surface area contributed by atoms with Gasteiger partial charge in [0.1, 0.15) is 5.75 Å². The van der Waals surface area contributed by atoms with E-state index >= 15 is 0 Å². The Morgan fingerprint density at radius 1 is 1.20 bits per heavy atom. The van der Waals surface area contributed by atoms with E-state index in [1.165, 1.54) is 5.01 Å². The fourth-order valence-corrected chi connectivity index (χ4v) is 2.40. The zero-order valence-electron chi connectivity index (χ0n) is 13.6. The number of anilines is 2. The van der Waals surface area contributed by atoms with Gasteiger partial charge in [-0.05, 0) is 55.5 Å². The third kappa shape index (κ3) is 3.75. The van der Waals surface area contributed by atoms with Gasteiger partial charge in [0.25, 0.3) is 5.91 Å². The second kappa shape index (κ2) is 7.27. The molecule has 1 amide bonds. The minimum Gasteiger partial charge on any atom is -0.494 e. The zero-order valence-corrected chi connectivity index (χ0v) is 14.4. The van der Waals surface area contributed by atoms with Gasteiger partial charge in [-0.3, -0.25) is 15.6 Å². The first-order chi connectivity index (χ1) is 12.1. The van der Waals surface area contributed by atoms with Crippen molar-refractivity contribution in [2.75, 3.05) is 17.0 Å². The van der Waals surface area contributed by atoms with Gasteiger partial charge >= 0.3 is 0 Å². The summed E-state index contributed by atoms with van der Waals surface area (Å²) in [5.41, 5.74) is 7.79. The van der Waals surface area contributed by atoms with Gasteiger partial charge in [0, 0.05) is 5.02 Å². The number of nitrogens with one attached hydrogen (secondary N) is 2. The third-order valence-electron chi connectivity index (χ3n) is 3.49. The van der Waals surface area contributed by atoms with Crippen LogP contribution in [0.25, 0.3) is 0 Å². The predicted molar refractivity (Wildman–Crippen MR) is 99.9 cm³/mol. The lowest BCUT2D eigenvalue weighted by Crippen LogP contribution is -2.34. The first kappa shape index (κ1) is 16.9. The molecule has 7 heteroatoms. The molecule has 0 saturated carbocycles. The molecule has 1 saturated heterocycles. The van der Waals surface area contributed by atoms with Crippen molar-refractivity contribution in [2.24, 2.45) is 5.10 Å². The van der Waals surface area contributed by atoms with Gasteiger partial charge in [0.05, 0.1) is 23.7 Å². The van der Waals surface area contributed by atoms with Crippen LogP contribution in [0.15, 0.2) is 65.9 Å². The second-order valence-corrected chi connectivity index (χ2v) is 5.67. The van der Waals surface area contributed by atoms with Gasteiger partial charge in [-0.15, -0.1) is 0 Å². The van der Waals surface area contributed by atoms with Gasteiger partial charge in [-0.2, -0.15) is 5.10 Å². The Kier molecular flexibility index (Phi) is 4.90. The second-order valence-electron chi connectivity index (χ2n) is 5.24. The number of carbonyl (C=O) groups is 1. The Balaban J connectivity index is 1.73. The Labute approximate surface area is 150 Å². The van der Waals surface area contributed by atoms with Gasteiger partial charge in [-0.1, -0.05) is 18.2 Å². The summed E-state index contributed by atoms with van der Waals surface area (Å²) in [4.78, 5) is 12.5. The number of hydrazone groups is 1. The Morgan fingerprint density at radius 2 is 1.88 bits per heavy atom. The van der Waals surface area contributed by atoms with E-state index in [-0.39, 0.29) is 11.6 Å². The average Bonchev–Trinajstić information content (AvgIpc) is 2.90. The minimum absolute atomic E-state index is 0.212. The molecule has 1 heterocycles. The van der Waals surface area contributed by atoms with Crippen LogP contribution < -0.4 is 20.6 Å². The lowest BCUT2D eigenvalue weighted by molar-refractivity contribution is -0.112. The molecule has 0 radical (unpaired) electrons. The molecular formula is C18H17ClN4O2. The van der Waals surface area contributed by atoms with Crippen molar-refractivity contribution in [1.29, 1.82) is 0 Å². The number of hydrogen-bond acceptors (Lipinski definition) is 5. The fourth-order valence-electron chi connectivity index (χ4n) is 2.27. The first-order valence-corrected chi connectivity index (χ1v) is 8.09. The molecule has 6 nitrogen and oxygen atoms in total. The van der Waals surface area contributed by atoms with Gasteiger partial charge in [-0.25, -0.2) is 5.01 Å². The maximum atomic E-state index is 12.5. The van der Waals surface area contributed by atoms with Gasteiger partial charge in [0.2, 0.25) is 0 Å². The zero-order chi connectivity index (χ0) is 17.8. The van der Waals surface area contributed by atoms with Crippen molar-refractivity contribution in [3.05, 3.63) is 65.8 Å². The summed E-state index contributed by atoms with van der Waals surface area (Å²) in [7, 11) is 0. The summed E-state index contributed by atoms with van der Waals surface area (Å²) >= 11 is 5.88. The molecule has 25 heavy (non-hydrogen) atoms. The van der Waals surface area contributed by atoms with E-state index in [9.17, 15) is 4.79 Å². The van der Waals surface area contributed by atoms with E-state index in [1.54, 1.807) is 24.3 Å². The van der Waals surface area contributed by atoms with E-state index in [0.717, 1.165) is 11.4 Å². The molecule has 1 aliphatic heterocycles. The van der Waals surface area contributed by atoms with Gasteiger partial charge < -0.3 is 4.74 Å². The smallest absolute Gasteiger partial charge is 0.299 e. The quantitative estimate of drug-likeness (QED) is 0.804. The summed E-state index contributed by atoms with van der Waals surface area (Å²) in [5.74, 6) is 0.475. The molecule has 0 aromatic heterocycles. The van der Waals surface area contributed by atoms with E-state index in [4.69, 9.17) is 16.3 Å². The van der Waals surface area contributed by atoms with Crippen LogP contribution in [-0.2, 0) is 4.79 Å². The minimum atomic E-state index is -0.300. The molecule has 0 bridgehead atoms. The number of nitrogens with zero attached hydrogens (tertiary/aromatic N) is 2. The standard InChI is InChI=1S/C18H17ClN4O2/c1-3-25-16-10-6-14(7-11-16)20-21-17-12(2)22-23(18(17)24)15-8-4-13(19)5-9-15/h4-11,20,22H,2-3H2,1H3/b21-17-. The van der Waals surface area contributed by atoms with Crippen molar-refractivity contribution in [3.8, 4) is 5.75 Å². The van der Waals surface area contributed by atoms with E-state index in [0.29, 0.717) is 23.0 Å². The number of rotatable bonds is 5. The van der Waals surface area contributed by atoms with E-state index in [1.807, 2.05) is 31.2 Å². The lowest BCUT2D eigenvalue weighted by Gasteiger charge is -2.15. The summed E-state index contributed by atoms with van der Waals surface area (Å²) in [6, 6.07) is 14.2. The molecule has 0 unspecified atom stereocenters. The molecule has 2 aromatic rings. The number of hydrazine groups is 1. The number of carbonyl (C=O) groups excluding carboxylic acids is 1. The van der Waals surface area contributed by atoms with Gasteiger partial charge in [0.15, 0.2) is 5.71 Å². The van der Waals surface area contributed by atoms with Crippen molar-refractivity contribution < 1.29 is 9.53 Å². The average molecular weight is 357 g/mol.